The summed E-state index contributed by atoms with van der Waals surface area (Å²) in [6.45, 7) is 4.68. The first-order chi connectivity index (χ1) is 22.5. The van der Waals surface area contributed by atoms with Crippen molar-refractivity contribution < 1.29 is 0 Å². The molecule has 0 saturated carbocycles. The Labute approximate surface area is 271 Å². The molecule has 46 heavy (non-hydrogen) atoms. The lowest BCUT2D eigenvalue weighted by molar-refractivity contribution is 0.266. The zero-order valence-electron chi connectivity index (χ0n) is 26.8. The summed E-state index contributed by atoms with van der Waals surface area (Å²) in [4.78, 5) is 7.68. The van der Waals surface area contributed by atoms with Crippen molar-refractivity contribution >= 4 is 38.7 Å². The number of aromatic nitrogens is 1. The quantitative estimate of drug-likeness (QED) is 0.197. The first-order valence-electron chi connectivity index (χ1n) is 16.4. The lowest BCUT2D eigenvalue weighted by atomic mass is 9.77. The van der Waals surface area contributed by atoms with E-state index in [4.69, 9.17) is 4.99 Å². The van der Waals surface area contributed by atoms with Crippen molar-refractivity contribution in [3.63, 3.8) is 0 Å². The molecule has 5 aromatic rings. The smallest absolute Gasteiger partial charge is 0.203 e. The largest absolute Gasteiger partial charge is 0.342 e. The minimum absolute atomic E-state index is 0.0283. The van der Waals surface area contributed by atoms with Crippen molar-refractivity contribution in [2.24, 2.45) is 10.9 Å². The lowest BCUT2D eigenvalue weighted by Gasteiger charge is -2.31. The maximum Gasteiger partial charge on any atom is 0.203 e. The van der Waals surface area contributed by atoms with E-state index in [1.807, 2.05) is 0 Å². The van der Waals surface area contributed by atoms with Crippen LogP contribution < -0.4 is 0 Å². The summed E-state index contributed by atoms with van der Waals surface area (Å²) >= 11 is 0. The molecule has 1 aliphatic heterocycles. The molecule has 3 nitrogen and oxygen atoms in total. The van der Waals surface area contributed by atoms with Crippen molar-refractivity contribution in [1.29, 1.82) is 0 Å². The van der Waals surface area contributed by atoms with Crippen LogP contribution in [0.4, 0.5) is 0 Å². The van der Waals surface area contributed by atoms with E-state index in [2.05, 4.69) is 176 Å². The Hall–Kier alpha value is -5.15. The molecule has 0 amide bonds. The van der Waals surface area contributed by atoms with Gasteiger partial charge in [-0.15, -0.1) is 0 Å². The fourth-order valence-electron chi connectivity index (χ4n) is 7.45. The maximum atomic E-state index is 5.45. The highest BCUT2D eigenvalue weighted by molar-refractivity contribution is 6.10. The molecule has 0 bridgehead atoms. The Balaban J connectivity index is 1.20. The number of aliphatic imine (C=N–C) groups is 1. The Bertz CT molecular complexity index is 2150. The average Bonchev–Trinajstić information content (AvgIpc) is 3.43. The summed E-state index contributed by atoms with van der Waals surface area (Å²) in [5.41, 5.74) is 11.2. The Morgan fingerprint density at radius 1 is 0.761 bits per heavy atom. The van der Waals surface area contributed by atoms with Crippen molar-refractivity contribution in [1.82, 2.24) is 9.47 Å². The topological polar surface area (TPSA) is 20.5 Å². The van der Waals surface area contributed by atoms with Crippen LogP contribution in [0.5, 0.6) is 0 Å². The number of para-hydroxylation sites is 1. The van der Waals surface area contributed by atoms with Crippen LogP contribution in [-0.4, -0.2) is 22.2 Å². The summed E-state index contributed by atoms with van der Waals surface area (Å²) in [6.07, 6.45) is 19.7. The van der Waals surface area contributed by atoms with Crippen molar-refractivity contribution in [2.45, 2.75) is 38.4 Å². The van der Waals surface area contributed by atoms with E-state index in [-0.39, 0.29) is 11.7 Å². The van der Waals surface area contributed by atoms with Crippen LogP contribution in [0.3, 0.4) is 0 Å². The molecule has 3 unspecified atom stereocenters. The van der Waals surface area contributed by atoms with Gasteiger partial charge in [0.15, 0.2) is 0 Å². The standard InChI is InChI=1S/C43H39N3/c1-30-27-32(31-13-6-4-7-14-31)19-21-36(30)33-15-12-16-34(28-33)39-23-26-45(3)42(44-39)46-40-18-9-8-17-37(40)38-22-20-35(29-41(38)46)43(2)24-10-5-11-25-43/h4-24,26,28-30,42H,25,27H2,1-3H3. The number of hydrogen-bond acceptors (Lipinski definition) is 2. The van der Waals surface area contributed by atoms with Crippen LogP contribution in [-0.2, 0) is 5.41 Å². The predicted molar refractivity (Wildman–Crippen MR) is 195 cm³/mol. The minimum atomic E-state index is -0.208. The second-order valence-electron chi connectivity index (χ2n) is 13.2. The van der Waals surface area contributed by atoms with Gasteiger partial charge in [0.05, 0.1) is 16.7 Å². The molecular weight excluding hydrogens is 558 g/mol. The highest BCUT2D eigenvalue weighted by atomic mass is 15.4. The molecule has 3 heteroatoms. The van der Waals surface area contributed by atoms with Crippen LogP contribution in [0, 0.1) is 5.92 Å². The third-order valence-electron chi connectivity index (χ3n) is 10.1. The monoisotopic (exact) mass is 597 g/mol. The summed E-state index contributed by atoms with van der Waals surface area (Å²) < 4.78 is 2.43. The van der Waals surface area contributed by atoms with Crippen LogP contribution >= 0.6 is 0 Å². The Morgan fingerprint density at radius 2 is 1.54 bits per heavy atom. The molecule has 0 spiro atoms. The predicted octanol–water partition coefficient (Wildman–Crippen LogP) is 10.5. The number of fused-ring (bicyclic) bond motifs is 3. The molecule has 8 rings (SSSR count). The summed E-state index contributed by atoms with van der Waals surface area (Å²) in [6, 6.07) is 35.5. The number of allylic oxidation sites excluding steroid dienone is 9. The first kappa shape index (κ1) is 28.3. The van der Waals surface area contributed by atoms with E-state index in [9.17, 15) is 0 Å². The number of benzene rings is 4. The highest BCUT2D eigenvalue weighted by Gasteiger charge is 2.27. The molecule has 2 heterocycles. The van der Waals surface area contributed by atoms with Gasteiger partial charge < -0.3 is 9.47 Å². The fraction of sp³-hybridized carbons (Fsp3) is 0.186. The lowest BCUT2D eigenvalue weighted by Crippen LogP contribution is -2.27. The summed E-state index contributed by atoms with van der Waals surface area (Å²) in [7, 11) is 2.13. The van der Waals surface area contributed by atoms with E-state index in [1.165, 1.54) is 49.6 Å². The van der Waals surface area contributed by atoms with Gasteiger partial charge in [0.25, 0.3) is 0 Å². The molecule has 3 aliphatic rings. The van der Waals surface area contributed by atoms with Gasteiger partial charge in [-0.05, 0) is 70.9 Å². The Morgan fingerprint density at radius 3 is 2.37 bits per heavy atom. The third kappa shape index (κ3) is 4.87. The third-order valence-corrected chi connectivity index (χ3v) is 10.1. The maximum absolute atomic E-state index is 5.45. The molecule has 226 valence electrons. The number of rotatable bonds is 5. The molecule has 0 fully saturated rings. The van der Waals surface area contributed by atoms with E-state index < -0.39 is 0 Å². The molecule has 3 atom stereocenters. The average molecular weight is 598 g/mol. The minimum Gasteiger partial charge on any atom is -0.342 e. The fourth-order valence-corrected chi connectivity index (χ4v) is 7.45. The SMILES string of the molecule is CC1CC(c2ccccc2)=CC=C1c1cccc(C2=NC(n3c4ccccc4c4ccc(C5(C)C=CC=CC5)cc43)N(C)C=C2)c1. The van der Waals surface area contributed by atoms with Gasteiger partial charge in [0.1, 0.15) is 0 Å². The molecule has 0 radical (unpaired) electrons. The zero-order chi connectivity index (χ0) is 31.3. The number of hydrogen-bond donors (Lipinski definition) is 0. The zero-order valence-corrected chi connectivity index (χ0v) is 26.8. The second kappa shape index (κ2) is 11.3. The van der Waals surface area contributed by atoms with Crippen molar-refractivity contribution in [3.05, 3.63) is 168 Å². The van der Waals surface area contributed by atoms with Gasteiger partial charge in [-0.1, -0.05) is 129 Å². The van der Waals surface area contributed by atoms with Gasteiger partial charge in [-0.2, -0.15) is 0 Å². The van der Waals surface area contributed by atoms with E-state index in [0.717, 1.165) is 24.1 Å². The van der Waals surface area contributed by atoms with Gasteiger partial charge >= 0.3 is 0 Å². The van der Waals surface area contributed by atoms with Crippen LogP contribution in [0.1, 0.15) is 55.2 Å². The van der Waals surface area contributed by atoms with Crippen LogP contribution in [0.2, 0.25) is 0 Å². The van der Waals surface area contributed by atoms with Crippen LogP contribution in [0.25, 0.3) is 33.0 Å². The number of nitrogens with zero attached hydrogens (tertiary/aromatic N) is 3. The van der Waals surface area contributed by atoms with Crippen molar-refractivity contribution in [2.75, 3.05) is 7.05 Å². The second-order valence-corrected chi connectivity index (χ2v) is 13.2. The molecule has 0 saturated heterocycles. The van der Waals surface area contributed by atoms with Gasteiger partial charge in [0, 0.05) is 35.0 Å². The highest BCUT2D eigenvalue weighted by Crippen LogP contribution is 2.40. The summed E-state index contributed by atoms with van der Waals surface area (Å²) in [5, 5.41) is 2.53. The molecular formula is C43H39N3. The van der Waals surface area contributed by atoms with Gasteiger partial charge in [-0.25, -0.2) is 4.99 Å². The molecule has 0 N–H and O–H groups in total. The molecule has 1 aromatic heterocycles. The summed E-state index contributed by atoms with van der Waals surface area (Å²) in [5.74, 6) is 0.432. The van der Waals surface area contributed by atoms with Crippen molar-refractivity contribution in [3.8, 4) is 0 Å². The molecule has 4 aromatic carbocycles. The normalized spacial score (nSPS) is 22.7. The van der Waals surface area contributed by atoms with Crippen LogP contribution in [0.15, 0.2) is 151 Å². The van der Waals surface area contributed by atoms with E-state index >= 15 is 0 Å². The first-order valence-corrected chi connectivity index (χ1v) is 16.4. The van der Waals surface area contributed by atoms with Gasteiger partial charge in [0.2, 0.25) is 6.29 Å². The Kier molecular flexibility index (Phi) is 6.98. The molecule has 2 aliphatic carbocycles. The van der Waals surface area contributed by atoms with E-state index in [0.29, 0.717) is 5.92 Å². The van der Waals surface area contributed by atoms with Gasteiger partial charge in [-0.3, -0.25) is 0 Å². The van der Waals surface area contributed by atoms with E-state index in [1.54, 1.807) is 0 Å².